The molecule has 0 bridgehead atoms. The predicted molar refractivity (Wildman–Crippen MR) is 139 cm³/mol. The average molecular weight is 523 g/mol. The smallest absolute Gasteiger partial charge is 0.268 e. The number of benzene rings is 3. The summed E-state index contributed by atoms with van der Waals surface area (Å²) in [5.74, 6) is -0.432. The second kappa shape index (κ2) is 9.03. The van der Waals surface area contributed by atoms with Crippen molar-refractivity contribution in [1.82, 2.24) is 8.87 Å². The zero-order valence-corrected chi connectivity index (χ0v) is 20.9. The predicted octanol–water partition coefficient (Wildman–Crippen LogP) is 6.08. The molecule has 0 unspecified atom stereocenters. The van der Waals surface area contributed by atoms with Crippen LogP contribution in [0.15, 0.2) is 88.8 Å². The maximum absolute atomic E-state index is 13.4. The van der Waals surface area contributed by atoms with Crippen LogP contribution in [0.2, 0.25) is 5.02 Å². The van der Waals surface area contributed by atoms with Crippen LogP contribution in [0.4, 0.5) is 4.79 Å². The van der Waals surface area contributed by atoms with Crippen LogP contribution >= 0.6 is 23.4 Å². The van der Waals surface area contributed by atoms with Gasteiger partial charge < -0.3 is 0 Å². The first kappa shape index (κ1) is 23.4. The van der Waals surface area contributed by atoms with Crippen LogP contribution in [-0.2, 0) is 21.4 Å². The molecule has 176 valence electrons. The Kier molecular flexibility index (Phi) is 6.04. The molecule has 0 N–H and O–H groups in total. The fourth-order valence-electron chi connectivity index (χ4n) is 3.91. The molecule has 0 radical (unpaired) electrons. The van der Waals surface area contributed by atoms with Crippen molar-refractivity contribution in [2.24, 2.45) is 0 Å². The Bertz CT molecular complexity index is 1620. The minimum Gasteiger partial charge on any atom is -0.268 e. The van der Waals surface area contributed by atoms with E-state index in [1.807, 2.05) is 6.92 Å². The average Bonchev–Trinajstić information content (AvgIpc) is 3.33. The number of thioether (sulfide) groups is 1. The molecule has 0 spiro atoms. The number of carbonyl (C=O) groups is 2. The third-order valence-corrected chi connectivity index (χ3v) is 8.51. The highest BCUT2D eigenvalue weighted by Gasteiger charge is 2.35. The van der Waals surface area contributed by atoms with E-state index in [2.05, 4.69) is 0 Å². The van der Waals surface area contributed by atoms with Crippen molar-refractivity contribution >= 4 is 61.5 Å². The van der Waals surface area contributed by atoms with Crippen molar-refractivity contribution in [3.63, 3.8) is 0 Å². The van der Waals surface area contributed by atoms with Gasteiger partial charge in [0, 0.05) is 22.2 Å². The molecule has 1 aliphatic heterocycles. The number of rotatable bonds is 5. The summed E-state index contributed by atoms with van der Waals surface area (Å²) < 4.78 is 28.0. The van der Waals surface area contributed by atoms with Crippen molar-refractivity contribution in [2.45, 2.75) is 18.4 Å². The number of carbonyl (C=O) groups excluding carboxylic acids is 2. The van der Waals surface area contributed by atoms with Gasteiger partial charge in [0.25, 0.3) is 21.2 Å². The molecule has 1 saturated heterocycles. The third-order valence-electron chi connectivity index (χ3n) is 5.68. The lowest BCUT2D eigenvalue weighted by molar-refractivity contribution is -0.123. The van der Waals surface area contributed by atoms with Gasteiger partial charge >= 0.3 is 0 Å². The van der Waals surface area contributed by atoms with Gasteiger partial charge in [0.2, 0.25) is 0 Å². The molecule has 3 aromatic carbocycles. The number of aryl methyl sites for hydroxylation is 1. The van der Waals surface area contributed by atoms with Gasteiger partial charge in [0.15, 0.2) is 0 Å². The molecule has 2 heterocycles. The van der Waals surface area contributed by atoms with Crippen LogP contribution in [-0.4, -0.2) is 28.4 Å². The third kappa shape index (κ3) is 4.40. The largest absolute Gasteiger partial charge is 0.293 e. The number of aromatic nitrogens is 1. The molecule has 1 aromatic heterocycles. The zero-order chi connectivity index (χ0) is 24.7. The second-order valence-electron chi connectivity index (χ2n) is 8.11. The van der Waals surface area contributed by atoms with E-state index in [1.54, 1.807) is 78.9 Å². The van der Waals surface area contributed by atoms with Crippen LogP contribution in [0.3, 0.4) is 0 Å². The number of amides is 2. The number of hydrogen-bond donors (Lipinski definition) is 0. The lowest BCUT2D eigenvalue weighted by atomic mass is 10.1. The summed E-state index contributed by atoms with van der Waals surface area (Å²) >= 11 is 6.86. The fraction of sp³-hybridized carbons (Fsp3) is 0.0769. The summed E-state index contributed by atoms with van der Waals surface area (Å²) in [5.41, 5.74) is 2.71. The molecule has 0 aliphatic carbocycles. The first-order valence-corrected chi connectivity index (χ1v) is 13.3. The van der Waals surface area contributed by atoms with E-state index in [4.69, 9.17) is 11.6 Å². The van der Waals surface area contributed by atoms with Gasteiger partial charge in [-0.1, -0.05) is 59.6 Å². The van der Waals surface area contributed by atoms with Crippen molar-refractivity contribution in [2.75, 3.05) is 0 Å². The minimum absolute atomic E-state index is 0.103. The molecular formula is C26H19ClN2O4S2. The van der Waals surface area contributed by atoms with E-state index < -0.39 is 21.2 Å². The Morgan fingerprint density at radius 2 is 1.71 bits per heavy atom. The summed E-state index contributed by atoms with van der Waals surface area (Å²) in [6.45, 7) is 1.99. The van der Waals surface area contributed by atoms with Crippen molar-refractivity contribution in [3.05, 3.63) is 106 Å². The van der Waals surface area contributed by atoms with Gasteiger partial charge in [0.1, 0.15) is 0 Å². The van der Waals surface area contributed by atoms with Gasteiger partial charge in [-0.2, -0.15) is 0 Å². The monoisotopic (exact) mass is 522 g/mol. The quantitative estimate of drug-likeness (QED) is 0.297. The molecule has 5 rings (SSSR count). The second-order valence-corrected chi connectivity index (χ2v) is 11.4. The summed E-state index contributed by atoms with van der Waals surface area (Å²) in [7, 11) is -3.87. The first-order valence-electron chi connectivity index (χ1n) is 10.7. The number of hydrogen-bond acceptors (Lipinski definition) is 5. The topological polar surface area (TPSA) is 76.5 Å². The lowest BCUT2D eigenvalue weighted by Gasteiger charge is -2.12. The SMILES string of the molecule is Cc1ccc(S(=O)(=O)n2cc(/C=C3\SC(=O)N(Cc4cccc(Cl)c4)C3=O)c3ccccc32)cc1. The molecule has 4 aromatic rings. The molecule has 2 amide bonds. The van der Waals surface area contributed by atoms with Crippen LogP contribution in [0.25, 0.3) is 17.0 Å². The maximum atomic E-state index is 13.4. The minimum atomic E-state index is -3.87. The fourth-order valence-corrected chi connectivity index (χ4v) is 6.33. The molecule has 9 heteroatoms. The zero-order valence-electron chi connectivity index (χ0n) is 18.5. The van der Waals surface area contributed by atoms with Crippen LogP contribution in [0.1, 0.15) is 16.7 Å². The summed E-state index contributed by atoms with van der Waals surface area (Å²) in [6.07, 6.45) is 3.07. The Labute approximate surface area is 211 Å². The van der Waals surface area contributed by atoms with Gasteiger partial charge in [-0.3, -0.25) is 14.5 Å². The van der Waals surface area contributed by atoms with Gasteiger partial charge in [-0.25, -0.2) is 12.4 Å². The maximum Gasteiger partial charge on any atom is 0.293 e. The van der Waals surface area contributed by atoms with E-state index in [0.29, 0.717) is 21.5 Å². The Hall–Kier alpha value is -3.33. The number of nitrogens with zero attached hydrogens (tertiary/aromatic N) is 2. The first-order chi connectivity index (χ1) is 16.7. The highest BCUT2D eigenvalue weighted by atomic mass is 35.5. The number of para-hydroxylation sites is 1. The van der Waals surface area contributed by atoms with Crippen molar-refractivity contribution in [3.8, 4) is 0 Å². The standard InChI is InChI=1S/C26H19ClN2O4S2/c1-17-9-11-21(12-10-17)35(32,33)29-16-19(22-7-2-3-8-23(22)29)14-24-25(30)28(26(31)34-24)15-18-5-4-6-20(27)13-18/h2-14,16H,15H2,1H3/b24-14-. The normalized spacial score (nSPS) is 15.5. The Morgan fingerprint density at radius 1 is 0.971 bits per heavy atom. The van der Waals surface area contributed by atoms with Gasteiger partial charge in [-0.15, -0.1) is 0 Å². The van der Waals surface area contributed by atoms with E-state index in [1.165, 1.54) is 10.2 Å². The molecule has 1 fully saturated rings. The molecule has 0 saturated carbocycles. The summed E-state index contributed by atoms with van der Waals surface area (Å²) in [5, 5.41) is 0.787. The van der Waals surface area contributed by atoms with Crippen molar-refractivity contribution in [1.29, 1.82) is 0 Å². The lowest BCUT2D eigenvalue weighted by Crippen LogP contribution is -2.27. The van der Waals surface area contributed by atoms with E-state index in [9.17, 15) is 18.0 Å². The van der Waals surface area contributed by atoms with E-state index >= 15 is 0 Å². The van der Waals surface area contributed by atoms with Crippen LogP contribution in [0.5, 0.6) is 0 Å². The summed E-state index contributed by atoms with van der Waals surface area (Å²) in [6, 6.07) is 20.7. The Morgan fingerprint density at radius 3 is 2.46 bits per heavy atom. The van der Waals surface area contributed by atoms with Crippen LogP contribution < -0.4 is 0 Å². The molecule has 35 heavy (non-hydrogen) atoms. The summed E-state index contributed by atoms with van der Waals surface area (Å²) in [4.78, 5) is 27.2. The molecule has 0 atom stereocenters. The van der Waals surface area contributed by atoms with Crippen LogP contribution in [0, 0.1) is 6.92 Å². The van der Waals surface area contributed by atoms with Crippen molar-refractivity contribution < 1.29 is 18.0 Å². The highest BCUT2D eigenvalue weighted by molar-refractivity contribution is 8.18. The molecule has 6 nitrogen and oxygen atoms in total. The number of fused-ring (bicyclic) bond motifs is 1. The Balaban J connectivity index is 1.53. The number of halogens is 1. The van der Waals surface area contributed by atoms with Gasteiger partial charge in [0.05, 0.1) is 21.9 Å². The molecular weight excluding hydrogens is 504 g/mol. The van der Waals surface area contributed by atoms with E-state index in [0.717, 1.165) is 27.8 Å². The molecule has 1 aliphatic rings. The van der Waals surface area contributed by atoms with E-state index in [-0.39, 0.29) is 16.3 Å². The number of imide groups is 1. The van der Waals surface area contributed by atoms with Gasteiger partial charge in [-0.05, 0) is 60.7 Å². The highest BCUT2D eigenvalue weighted by Crippen LogP contribution is 2.36.